The molecule has 0 fully saturated rings. The number of hydrogen-bond donors (Lipinski definition) is 1. The van der Waals surface area contributed by atoms with Crippen LogP contribution in [0.15, 0.2) is 12.1 Å². The Balaban J connectivity index is 3.45. The van der Waals surface area contributed by atoms with Crippen molar-refractivity contribution in [2.45, 2.75) is 12.8 Å². The fourth-order valence-corrected chi connectivity index (χ4v) is 1.51. The van der Waals surface area contributed by atoms with Crippen LogP contribution in [0.1, 0.15) is 24.0 Å². The minimum absolute atomic E-state index is 0.339. The number of carboxylic acids is 1. The summed E-state index contributed by atoms with van der Waals surface area (Å²) in [5.74, 6) is -1.05. The molecule has 1 unspecified atom stereocenters. The van der Waals surface area contributed by atoms with Gasteiger partial charge in [-0.15, -0.1) is 0 Å². The third-order valence-electron chi connectivity index (χ3n) is 2.47. The van der Waals surface area contributed by atoms with Gasteiger partial charge in [-0.3, -0.25) is 4.79 Å². The SMILES string of the molecule is COc1cc(C#N)cc(C(C)C(=O)O)c1OC. The van der Waals surface area contributed by atoms with Crippen molar-refractivity contribution in [3.8, 4) is 17.6 Å². The summed E-state index contributed by atoms with van der Waals surface area (Å²) in [4.78, 5) is 11.0. The van der Waals surface area contributed by atoms with Gasteiger partial charge in [0.2, 0.25) is 0 Å². The topological polar surface area (TPSA) is 79.5 Å². The van der Waals surface area contributed by atoms with Crippen LogP contribution in [0.25, 0.3) is 0 Å². The number of rotatable bonds is 4. The maximum Gasteiger partial charge on any atom is 0.310 e. The van der Waals surface area contributed by atoms with Crippen molar-refractivity contribution in [1.29, 1.82) is 5.26 Å². The van der Waals surface area contributed by atoms with Crippen LogP contribution in [0, 0.1) is 11.3 Å². The van der Waals surface area contributed by atoms with Crippen LogP contribution < -0.4 is 9.47 Å². The lowest BCUT2D eigenvalue weighted by Crippen LogP contribution is -2.10. The summed E-state index contributed by atoms with van der Waals surface area (Å²) in [5, 5.41) is 17.9. The molecule has 0 bridgehead atoms. The van der Waals surface area contributed by atoms with Gasteiger partial charge in [0.1, 0.15) is 0 Å². The Hall–Kier alpha value is -2.22. The molecule has 0 saturated carbocycles. The Morgan fingerprint density at radius 1 is 1.41 bits per heavy atom. The van der Waals surface area contributed by atoms with Gasteiger partial charge in [-0.05, 0) is 13.0 Å². The average Bonchev–Trinajstić information content (AvgIpc) is 2.35. The molecule has 0 saturated heterocycles. The first kappa shape index (κ1) is 12.8. The van der Waals surface area contributed by atoms with E-state index in [9.17, 15) is 4.79 Å². The lowest BCUT2D eigenvalue weighted by molar-refractivity contribution is -0.138. The van der Waals surface area contributed by atoms with E-state index < -0.39 is 11.9 Å². The number of carboxylic acid groups (broad SMARTS) is 1. The number of methoxy groups -OCH3 is 2. The smallest absolute Gasteiger partial charge is 0.310 e. The summed E-state index contributed by atoms with van der Waals surface area (Å²) >= 11 is 0. The van der Waals surface area contributed by atoms with E-state index in [0.29, 0.717) is 22.6 Å². The molecule has 0 amide bonds. The van der Waals surface area contributed by atoms with Gasteiger partial charge in [-0.25, -0.2) is 0 Å². The van der Waals surface area contributed by atoms with Crippen molar-refractivity contribution in [3.05, 3.63) is 23.3 Å². The van der Waals surface area contributed by atoms with Crippen molar-refractivity contribution < 1.29 is 19.4 Å². The van der Waals surface area contributed by atoms with Crippen molar-refractivity contribution >= 4 is 5.97 Å². The van der Waals surface area contributed by atoms with E-state index in [4.69, 9.17) is 19.8 Å². The molecule has 1 N–H and O–H groups in total. The number of carbonyl (C=O) groups is 1. The molecular weight excluding hydrogens is 222 g/mol. The molecule has 17 heavy (non-hydrogen) atoms. The van der Waals surface area contributed by atoms with E-state index in [0.717, 1.165) is 0 Å². The van der Waals surface area contributed by atoms with Crippen LogP contribution in [0.5, 0.6) is 11.5 Å². The van der Waals surface area contributed by atoms with E-state index in [2.05, 4.69) is 0 Å². The lowest BCUT2D eigenvalue weighted by Gasteiger charge is -2.15. The molecule has 90 valence electrons. The Kier molecular flexibility index (Phi) is 3.94. The third kappa shape index (κ3) is 2.48. The zero-order valence-electron chi connectivity index (χ0n) is 9.85. The Morgan fingerprint density at radius 3 is 2.47 bits per heavy atom. The number of benzene rings is 1. The largest absolute Gasteiger partial charge is 0.493 e. The van der Waals surface area contributed by atoms with Crippen LogP contribution >= 0.6 is 0 Å². The van der Waals surface area contributed by atoms with E-state index in [1.54, 1.807) is 0 Å². The normalized spacial score (nSPS) is 11.4. The van der Waals surface area contributed by atoms with E-state index in [-0.39, 0.29) is 0 Å². The highest BCUT2D eigenvalue weighted by Gasteiger charge is 2.22. The fourth-order valence-electron chi connectivity index (χ4n) is 1.51. The van der Waals surface area contributed by atoms with Gasteiger partial charge in [0, 0.05) is 11.6 Å². The number of aliphatic carboxylic acids is 1. The summed E-state index contributed by atoms with van der Waals surface area (Å²) in [5.41, 5.74) is 0.765. The van der Waals surface area contributed by atoms with E-state index >= 15 is 0 Å². The van der Waals surface area contributed by atoms with Crippen LogP contribution in [0.4, 0.5) is 0 Å². The number of ether oxygens (including phenoxy) is 2. The van der Waals surface area contributed by atoms with Gasteiger partial charge in [0.25, 0.3) is 0 Å². The lowest BCUT2D eigenvalue weighted by atomic mass is 9.97. The number of hydrogen-bond acceptors (Lipinski definition) is 4. The second-order valence-corrected chi connectivity index (χ2v) is 3.47. The predicted octanol–water partition coefficient (Wildman–Crippen LogP) is 1.76. The molecule has 0 aromatic heterocycles. The Morgan fingerprint density at radius 2 is 2.06 bits per heavy atom. The molecule has 0 radical (unpaired) electrons. The van der Waals surface area contributed by atoms with Crippen LogP contribution in [0.3, 0.4) is 0 Å². The van der Waals surface area contributed by atoms with Gasteiger partial charge in [0.05, 0.1) is 31.8 Å². The molecule has 0 aliphatic carbocycles. The Bertz CT molecular complexity index is 476. The maximum atomic E-state index is 11.0. The summed E-state index contributed by atoms with van der Waals surface area (Å²) in [6.45, 7) is 1.53. The first-order valence-electron chi connectivity index (χ1n) is 4.94. The highest BCUT2D eigenvalue weighted by molar-refractivity contribution is 5.77. The van der Waals surface area contributed by atoms with Crippen molar-refractivity contribution in [1.82, 2.24) is 0 Å². The molecule has 5 heteroatoms. The van der Waals surface area contributed by atoms with Gasteiger partial charge >= 0.3 is 5.97 Å². The molecule has 0 spiro atoms. The van der Waals surface area contributed by atoms with Crippen molar-refractivity contribution in [2.24, 2.45) is 0 Å². The molecule has 1 aromatic rings. The summed E-state index contributed by atoms with van der Waals surface area (Å²) in [6, 6.07) is 4.97. The zero-order valence-corrected chi connectivity index (χ0v) is 9.85. The first-order chi connectivity index (χ1) is 8.04. The molecule has 5 nitrogen and oxygen atoms in total. The highest BCUT2D eigenvalue weighted by atomic mass is 16.5. The van der Waals surface area contributed by atoms with Gasteiger partial charge in [-0.1, -0.05) is 0 Å². The molecule has 1 aromatic carbocycles. The number of nitrogens with zero attached hydrogens (tertiary/aromatic N) is 1. The second kappa shape index (κ2) is 5.21. The van der Waals surface area contributed by atoms with Crippen LogP contribution in [0.2, 0.25) is 0 Å². The molecule has 1 atom stereocenters. The standard InChI is InChI=1S/C12H13NO4/c1-7(12(14)15)9-4-8(6-13)5-10(16-2)11(9)17-3/h4-5,7H,1-3H3,(H,14,15). The van der Waals surface area contributed by atoms with Gasteiger partial charge < -0.3 is 14.6 Å². The minimum Gasteiger partial charge on any atom is -0.493 e. The second-order valence-electron chi connectivity index (χ2n) is 3.47. The molecule has 0 aliphatic heterocycles. The van der Waals surface area contributed by atoms with Crippen LogP contribution in [-0.2, 0) is 4.79 Å². The molecular formula is C12H13NO4. The van der Waals surface area contributed by atoms with Crippen LogP contribution in [-0.4, -0.2) is 25.3 Å². The summed E-state index contributed by atoms with van der Waals surface area (Å²) < 4.78 is 10.2. The van der Waals surface area contributed by atoms with Gasteiger partial charge in [0.15, 0.2) is 11.5 Å². The monoisotopic (exact) mass is 235 g/mol. The third-order valence-corrected chi connectivity index (χ3v) is 2.47. The molecule has 0 heterocycles. The minimum atomic E-state index is -0.986. The fraction of sp³-hybridized carbons (Fsp3) is 0.333. The average molecular weight is 235 g/mol. The number of nitriles is 1. The molecule has 0 aliphatic rings. The summed E-state index contributed by atoms with van der Waals surface area (Å²) in [7, 11) is 2.87. The zero-order chi connectivity index (χ0) is 13.0. The highest BCUT2D eigenvalue weighted by Crippen LogP contribution is 2.36. The van der Waals surface area contributed by atoms with Crippen molar-refractivity contribution in [2.75, 3.05) is 14.2 Å². The first-order valence-corrected chi connectivity index (χ1v) is 4.94. The summed E-state index contributed by atoms with van der Waals surface area (Å²) in [6.07, 6.45) is 0. The van der Waals surface area contributed by atoms with Gasteiger partial charge in [-0.2, -0.15) is 5.26 Å². The van der Waals surface area contributed by atoms with E-state index in [1.165, 1.54) is 33.3 Å². The quantitative estimate of drug-likeness (QED) is 0.860. The molecule has 1 rings (SSSR count). The predicted molar refractivity (Wildman–Crippen MR) is 60.3 cm³/mol. The van der Waals surface area contributed by atoms with E-state index in [1.807, 2.05) is 6.07 Å². The Labute approximate surface area is 99.2 Å². The van der Waals surface area contributed by atoms with Crippen molar-refractivity contribution in [3.63, 3.8) is 0 Å². The maximum absolute atomic E-state index is 11.0.